The van der Waals surface area contributed by atoms with E-state index in [9.17, 15) is 8.78 Å². The van der Waals surface area contributed by atoms with Gasteiger partial charge in [0.1, 0.15) is 5.04 Å². The highest BCUT2D eigenvalue weighted by Gasteiger charge is 2.11. The Hall–Kier alpha value is -1.42. The number of nitrogens with one attached hydrogen (secondary N) is 1. The maximum Gasteiger partial charge on any atom is 0.285 e. The van der Waals surface area contributed by atoms with Gasteiger partial charge in [0.05, 0.1) is 0 Å². The summed E-state index contributed by atoms with van der Waals surface area (Å²) in [4.78, 5) is 0. The summed E-state index contributed by atoms with van der Waals surface area (Å²) < 4.78 is 24.3. The molecule has 0 radical (unpaired) electrons. The minimum Gasteiger partial charge on any atom is -0.293 e. The highest BCUT2D eigenvalue weighted by molar-refractivity contribution is 8.13. The second-order valence-corrected chi connectivity index (χ2v) is 4.65. The molecular formula is C13H11F2NS. The number of fused-ring (bicyclic) bond motifs is 1. The zero-order valence-electron chi connectivity index (χ0n) is 8.99. The smallest absolute Gasteiger partial charge is 0.285 e. The fourth-order valence-electron chi connectivity index (χ4n) is 1.55. The molecule has 0 bridgehead atoms. The van der Waals surface area contributed by atoms with Gasteiger partial charge >= 0.3 is 0 Å². The summed E-state index contributed by atoms with van der Waals surface area (Å²) in [6.45, 7) is 0. The van der Waals surface area contributed by atoms with Gasteiger partial charge in [0.15, 0.2) is 0 Å². The topological polar surface area (TPSA) is 23.9 Å². The minimum atomic E-state index is -2.67. The summed E-state index contributed by atoms with van der Waals surface area (Å²) in [5.74, 6) is 0.411. The summed E-state index contributed by atoms with van der Waals surface area (Å²) in [5.41, 5.74) is 0.958. The molecule has 0 fully saturated rings. The maximum absolute atomic E-state index is 12.1. The van der Waals surface area contributed by atoms with Crippen LogP contribution in [0.1, 0.15) is 5.56 Å². The highest BCUT2D eigenvalue weighted by Crippen LogP contribution is 2.21. The predicted octanol–water partition coefficient (Wildman–Crippen LogP) is 4.32. The third kappa shape index (κ3) is 3.03. The van der Waals surface area contributed by atoms with Gasteiger partial charge in [0.25, 0.3) is 6.43 Å². The SMILES string of the molecule is N=C(SCc1ccc2ccccc2c1)C(F)F. The Labute approximate surface area is 102 Å². The van der Waals surface area contributed by atoms with Crippen LogP contribution in [0, 0.1) is 5.41 Å². The highest BCUT2D eigenvalue weighted by atomic mass is 32.2. The Morgan fingerprint density at radius 3 is 2.53 bits per heavy atom. The predicted molar refractivity (Wildman–Crippen MR) is 69.0 cm³/mol. The molecule has 0 spiro atoms. The zero-order valence-corrected chi connectivity index (χ0v) is 9.81. The van der Waals surface area contributed by atoms with Crippen molar-refractivity contribution >= 4 is 27.6 Å². The van der Waals surface area contributed by atoms with Crippen LogP contribution in [-0.2, 0) is 5.75 Å². The third-order valence-corrected chi connectivity index (χ3v) is 3.37. The van der Waals surface area contributed by atoms with Crippen LogP contribution in [0.4, 0.5) is 8.78 Å². The fraction of sp³-hybridized carbons (Fsp3) is 0.154. The molecule has 4 heteroatoms. The van der Waals surface area contributed by atoms with Crippen LogP contribution in [0.3, 0.4) is 0 Å². The van der Waals surface area contributed by atoms with Crippen molar-refractivity contribution in [1.29, 1.82) is 5.41 Å². The summed E-state index contributed by atoms with van der Waals surface area (Å²) in [5, 5.41) is 8.72. The lowest BCUT2D eigenvalue weighted by Gasteiger charge is -2.04. The second-order valence-electron chi connectivity index (χ2n) is 3.64. The largest absolute Gasteiger partial charge is 0.293 e. The fourth-order valence-corrected chi connectivity index (χ4v) is 2.18. The molecule has 1 N–H and O–H groups in total. The van der Waals surface area contributed by atoms with Crippen molar-refractivity contribution in [3.63, 3.8) is 0 Å². The number of hydrogen-bond donors (Lipinski definition) is 1. The molecule has 0 aliphatic heterocycles. The Kier molecular flexibility index (Phi) is 3.74. The molecule has 0 aromatic heterocycles. The summed E-state index contributed by atoms with van der Waals surface area (Å²) in [6, 6.07) is 13.8. The van der Waals surface area contributed by atoms with E-state index in [-0.39, 0.29) is 0 Å². The molecule has 0 saturated heterocycles. The third-order valence-electron chi connectivity index (χ3n) is 2.41. The molecule has 2 aromatic carbocycles. The van der Waals surface area contributed by atoms with Crippen molar-refractivity contribution in [3.05, 3.63) is 48.0 Å². The lowest BCUT2D eigenvalue weighted by molar-refractivity contribution is 0.228. The van der Waals surface area contributed by atoms with Crippen molar-refractivity contribution in [2.45, 2.75) is 12.2 Å². The Balaban J connectivity index is 2.12. The van der Waals surface area contributed by atoms with Crippen LogP contribution < -0.4 is 0 Å². The monoisotopic (exact) mass is 251 g/mol. The van der Waals surface area contributed by atoms with Gasteiger partial charge in [-0.1, -0.05) is 42.5 Å². The van der Waals surface area contributed by atoms with Gasteiger partial charge in [0.2, 0.25) is 0 Å². The molecule has 0 amide bonds. The van der Waals surface area contributed by atoms with Gasteiger partial charge in [-0.25, -0.2) is 8.78 Å². The van der Waals surface area contributed by atoms with Gasteiger partial charge in [0, 0.05) is 5.75 Å². The van der Waals surface area contributed by atoms with Crippen LogP contribution in [-0.4, -0.2) is 11.5 Å². The van der Waals surface area contributed by atoms with E-state index in [0.717, 1.165) is 28.1 Å². The summed E-state index contributed by atoms with van der Waals surface area (Å²) >= 11 is 0.879. The molecule has 0 unspecified atom stereocenters. The maximum atomic E-state index is 12.1. The minimum absolute atomic E-state index is 0.411. The number of alkyl halides is 2. The first-order valence-corrected chi connectivity index (χ1v) is 6.12. The van der Waals surface area contributed by atoms with Crippen LogP contribution in [0.2, 0.25) is 0 Å². The molecule has 2 aromatic rings. The molecule has 0 saturated carbocycles. The zero-order chi connectivity index (χ0) is 12.3. The summed E-state index contributed by atoms with van der Waals surface area (Å²) in [7, 11) is 0. The van der Waals surface area contributed by atoms with Gasteiger partial charge in [-0.15, -0.1) is 11.8 Å². The van der Waals surface area contributed by atoms with Crippen molar-refractivity contribution in [3.8, 4) is 0 Å². The van der Waals surface area contributed by atoms with E-state index in [1.165, 1.54) is 0 Å². The molecule has 88 valence electrons. The van der Waals surface area contributed by atoms with Gasteiger partial charge in [-0.3, -0.25) is 5.41 Å². The van der Waals surface area contributed by atoms with E-state index in [1.807, 2.05) is 42.5 Å². The van der Waals surface area contributed by atoms with Crippen molar-refractivity contribution in [2.75, 3.05) is 0 Å². The lowest BCUT2D eigenvalue weighted by Crippen LogP contribution is -2.03. The van der Waals surface area contributed by atoms with Crippen LogP contribution in [0.5, 0.6) is 0 Å². The average molecular weight is 251 g/mol. The molecule has 17 heavy (non-hydrogen) atoms. The van der Waals surface area contributed by atoms with E-state index in [1.54, 1.807) is 0 Å². The van der Waals surface area contributed by atoms with E-state index < -0.39 is 11.5 Å². The first-order chi connectivity index (χ1) is 8.16. The van der Waals surface area contributed by atoms with E-state index in [0.29, 0.717) is 5.75 Å². The number of halogens is 2. The number of rotatable bonds is 3. The van der Waals surface area contributed by atoms with Crippen LogP contribution in [0.15, 0.2) is 42.5 Å². The van der Waals surface area contributed by atoms with Gasteiger partial charge in [-0.05, 0) is 16.3 Å². The number of benzene rings is 2. The second kappa shape index (κ2) is 5.27. The average Bonchev–Trinajstić information content (AvgIpc) is 2.35. The lowest BCUT2D eigenvalue weighted by atomic mass is 10.1. The van der Waals surface area contributed by atoms with Crippen molar-refractivity contribution < 1.29 is 8.78 Å². The first kappa shape index (κ1) is 12.0. The Bertz CT molecular complexity index is 540. The first-order valence-electron chi connectivity index (χ1n) is 5.14. The Morgan fingerprint density at radius 2 is 1.82 bits per heavy atom. The van der Waals surface area contributed by atoms with Crippen molar-refractivity contribution in [1.82, 2.24) is 0 Å². The molecule has 2 rings (SSSR count). The van der Waals surface area contributed by atoms with E-state index in [2.05, 4.69) is 0 Å². The number of hydrogen-bond acceptors (Lipinski definition) is 2. The molecule has 0 heterocycles. The van der Waals surface area contributed by atoms with Crippen LogP contribution in [0.25, 0.3) is 10.8 Å². The van der Waals surface area contributed by atoms with E-state index in [4.69, 9.17) is 5.41 Å². The van der Waals surface area contributed by atoms with Crippen LogP contribution >= 0.6 is 11.8 Å². The molecule has 0 aliphatic carbocycles. The normalized spacial score (nSPS) is 11.0. The molecular weight excluding hydrogens is 240 g/mol. The van der Waals surface area contributed by atoms with Crippen molar-refractivity contribution in [2.24, 2.45) is 0 Å². The van der Waals surface area contributed by atoms with Gasteiger partial charge < -0.3 is 0 Å². The molecule has 0 atom stereocenters. The number of thioether (sulfide) groups is 1. The quantitative estimate of drug-likeness (QED) is 0.637. The Morgan fingerprint density at radius 1 is 1.12 bits per heavy atom. The summed E-state index contributed by atoms with van der Waals surface area (Å²) in [6.07, 6.45) is -2.67. The standard InChI is InChI=1S/C13H11F2NS/c14-12(15)13(16)17-8-9-5-6-10-3-1-2-4-11(10)7-9/h1-7,12,16H,8H2. The van der Waals surface area contributed by atoms with E-state index >= 15 is 0 Å². The van der Waals surface area contributed by atoms with Gasteiger partial charge in [-0.2, -0.15) is 0 Å². The molecule has 0 aliphatic rings. The molecule has 1 nitrogen and oxygen atoms in total.